The van der Waals surface area contributed by atoms with Crippen LogP contribution in [0.4, 0.5) is 4.39 Å². The molecule has 3 rings (SSSR count). The largest absolute Gasteiger partial charge is 0.259 e. The van der Waals surface area contributed by atoms with Crippen LogP contribution in [0.3, 0.4) is 0 Å². The summed E-state index contributed by atoms with van der Waals surface area (Å²) in [7, 11) is 0. The highest BCUT2D eigenvalue weighted by atomic mass is 32.2. The molecule has 0 aliphatic rings. The highest BCUT2D eigenvalue weighted by molar-refractivity contribution is 7.98. The molecule has 0 saturated carbocycles. The molecule has 3 aromatic rings. The van der Waals surface area contributed by atoms with Crippen LogP contribution in [-0.4, -0.2) is 15.2 Å². The Labute approximate surface area is 132 Å². The lowest BCUT2D eigenvalue weighted by molar-refractivity contribution is 0.617. The summed E-state index contributed by atoms with van der Waals surface area (Å²) in [5.41, 5.74) is 1.75. The Morgan fingerprint density at radius 3 is 2.59 bits per heavy atom. The van der Waals surface area contributed by atoms with E-state index in [1.165, 1.54) is 17.8 Å². The van der Waals surface area contributed by atoms with Gasteiger partial charge in [0.25, 0.3) is 0 Å². The number of rotatable bonds is 5. The Kier molecular flexibility index (Phi) is 4.65. The van der Waals surface area contributed by atoms with E-state index in [1.54, 1.807) is 12.1 Å². The number of nitrogens with zero attached hydrogens (tertiary/aromatic N) is 2. The highest BCUT2D eigenvalue weighted by Crippen LogP contribution is 2.21. The number of halogens is 1. The number of nitrogens with one attached hydrogen (secondary N) is 1. The zero-order valence-corrected chi connectivity index (χ0v) is 12.6. The third-order valence-corrected chi connectivity index (χ3v) is 3.93. The molecule has 0 amide bonds. The standard InChI is InChI=1S/C17H14FN3S/c18-15-9-5-4-8-14(15)12-22-17-19-16(20-21-17)11-10-13-6-2-1-3-7-13/h1-11H,12H2,(H,19,20,21)/b11-10+. The van der Waals surface area contributed by atoms with Crippen molar-refractivity contribution in [3.05, 3.63) is 77.4 Å². The second-order valence-electron chi connectivity index (χ2n) is 4.63. The average Bonchev–Trinajstić information content (AvgIpc) is 3.01. The molecule has 22 heavy (non-hydrogen) atoms. The van der Waals surface area contributed by atoms with Crippen LogP contribution in [0, 0.1) is 5.82 Å². The summed E-state index contributed by atoms with van der Waals surface area (Å²) in [6, 6.07) is 16.7. The molecule has 1 heterocycles. The van der Waals surface area contributed by atoms with Gasteiger partial charge in [0.15, 0.2) is 0 Å². The second kappa shape index (κ2) is 7.04. The first-order chi connectivity index (χ1) is 10.8. The Balaban J connectivity index is 1.62. The van der Waals surface area contributed by atoms with E-state index in [2.05, 4.69) is 15.2 Å². The molecule has 0 aliphatic carbocycles. The number of thioether (sulfide) groups is 1. The summed E-state index contributed by atoms with van der Waals surface area (Å²) in [4.78, 5) is 4.36. The summed E-state index contributed by atoms with van der Waals surface area (Å²) >= 11 is 1.40. The van der Waals surface area contributed by atoms with Gasteiger partial charge in [-0.2, -0.15) is 0 Å². The summed E-state index contributed by atoms with van der Waals surface area (Å²) in [6.07, 6.45) is 3.83. The average molecular weight is 311 g/mol. The summed E-state index contributed by atoms with van der Waals surface area (Å²) in [5, 5.41) is 7.60. The summed E-state index contributed by atoms with van der Waals surface area (Å²) < 4.78 is 13.5. The molecule has 0 fully saturated rings. The van der Waals surface area contributed by atoms with Gasteiger partial charge in [0.1, 0.15) is 11.6 Å². The lowest BCUT2D eigenvalue weighted by Crippen LogP contribution is -1.87. The van der Waals surface area contributed by atoms with Crippen molar-refractivity contribution in [3.63, 3.8) is 0 Å². The van der Waals surface area contributed by atoms with E-state index in [0.717, 1.165) is 5.56 Å². The summed E-state index contributed by atoms with van der Waals surface area (Å²) in [5.74, 6) is 0.987. The first-order valence-corrected chi connectivity index (χ1v) is 7.81. The van der Waals surface area contributed by atoms with Crippen molar-refractivity contribution in [2.45, 2.75) is 10.9 Å². The molecule has 3 nitrogen and oxygen atoms in total. The topological polar surface area (TPSA) is 41.6 Å². The molecule has 0 unspecified atom stereocenters. The minimum atomic E-state index is -0.199. The van der Waals surface area contributed by atoms with E-state index in [4.69, 9.17) is 0 Å². The monoisotopic (exact) mass is 311 g/mol. The van der Waals surface area contributed by atoms with Crippen molar-refractivity contribution in [2.75, 3.05) is 0 Å². The van der Waals surface area contributed by atoms with Crippen LogP contribution in [-0.2, 0) is 5.75 Å². The van der Waals surface area contributed by atoms with Crippen LogP contribution in [0.15, 0.2) is 59.8 Å². The predicted octanol–water partition coefficient (Wildman–Crippen LogP) is 4.41. The first kappa shape index (κ1) is 14.5. The maximum atomic E-state index is 13.5. The molecule has 110 valence electrons. The van der Waals surface area contributed by atoms with Crippen LogP contribution < -0.4 is 0 Å². The minimum absolute atomic E-state index is 0.199. The summed E-state index contributed by atoms with van der Waals surface area (Å²) in [6.45, 7) is 0. The Morgan fingerprint density at radius 1 is 1.00 bits per heavy atom. The van der Waals surface area contributed by atoms with Crippen molar-refractivity contribution in [3.8, 4) is 0 Å². The van der Waals surface area contributed by atoms with E-state index in [9.17, 15) is 4.39 Å². The lowest BCUT2D eigenvalue weighted by Gasteiger charge is -1.99. The quantitative estimate of drug-likeness (QED) is 0.710. The highest BCUT2D eigenvalue weighted by Gasteiger charge is 2.05. The van der Waals surface area contributed by atoms with E-state index in [-0.39, 0.29) is 5.82 Å². The molecule has 0 aliphatic heterocycles. The zero-order valence-electron chi connectivity index (χ0n) is 11.7. The van der Waals surface area contributed by atoms with Gasteiger partial charge < -0.3 is 0 Å². The predicted molar refractivity (Wildman–Crippen MR) is 87.7 cm³/mol. The Bertz CT molecular complexity index is 768. The van der Waals surface area contributed by atoms with Gasteiger partial charge in [-0.1, -0.05) is 66.4 Å². The van der Waals surface area contributed by atoms with E-state index < -0.39 is 0 Å². The molecule has 0 atom stereocenters. The first-order valence-electron chi connectivity index (χ1n) is 6.83. The van der Waals surface area contributed by atoms with Crippen LogP contribution in [0.5, 0.6) is 0 Å². The van der Waals surface area contributed by atoms with Gasteiger partial charge in [0.05, 0.1) is 0 Å². The molecular formula is C17H14FN3S. The fourth-order valence-electron chi connectivity index (χ4n) is 1.89. The number of H-pyrrole nitrogens is 1. The SMILES string of the molecule is Fc1ccccc1CSc1n[nH]c(/C=C/c2ccccc2)n1. The third-order valence-electron chi connectivity index (χ3n) is 3.03. The molecule has 0 bridgehead atoms. The normalized spacial score (nSPS) is 11.1. The van der Waals surface area contributed by atoms with Gasteiger partial charge in [-0.15, -0.1) is 5.10 Å². The van der Waals surface area contributed by atoms with Crippen molar-refractivity contribution < 1.29 is 4.39 Å². The molecule has 2 aromatic carbocycles. The number of aromatic amines is 1. The smallest absolute Gasteiger partial charge is 0.209 e. The van der Waals surface area contributed by atoms with Crippen molar-refractivity contribution in [2.24, 2.45) is 0 Å². The molecule has 5 heteroatoms. The zero-order chi connectivity index (χ0) is 15.2. The number of hydrogen-bond donors (Lipinski definition) is 1. The second-order valence-corrected chi connectivity index (χ2v) is 5.57. The fraction of sp³-hybridized carbons (Fsp3) is 0.0588. The maximum Gasteiger partial charge on any atom is 0.209 e. The Hall–Kier alpha value is -2.40. The van der Waals surface area contributed by atoms with E-state index in [1.807, 2.05) is 48.6 Å². The fourth-order valence-corrected chi connectivity index (χ4v) is 2.69. The van der Waals surface area contributed by atoms with Crippen LogP contribution in [0.2, 0.25) is 0 Å². The van der Waals surface area contributed by atoms with Gasteiger partial charge >= 0.3 is 0 Å². The van der Waals surface area contributed by atoms with Gasteiger partial charge in [-0.3, -0.25) is 5.10 Å². The van der Waals surface area contributed by atoms with Crippen LogP contribution in [0.25, 0.3) is 12.2 Å². The van der Waals surface area contributed by atoms with Gasteiger partial charge in [0.2, 0.25) is 5.16 Å². The minimum Gasteiger partial charge on any atom is -0.259 e. The Morgan fingerprint density at radius 2 is 1.77 bits per heavy atom. The number of benzene rings is 2. The van der Waals surface area contributed by atoms with Crippen molar-refractivity contribution in [1.29, 1.82) is 0 Å². The van der Waals surface area contributed by atoms with E-state index >= 15 is 0 Å². The molecule has 0 saturated heterocycles. The number of aromatic nitrogens is 3. The van der Waals surface area contributed by atoms with Crippen LogP contribution >= 0.6 is 11.8 Å². The number of hydrogen-bond acceptors (Lipinski definition) is 3. The van der Waals surface area contributed by atoms with Crippen molar-refractivity contribution >= 4 is 23.9 Å². The van der Waals surface area contributed by atoms with Crippen LogP contribution in [0.1, 0.15) is 17.0 Å². The lowest BCUT2D eigenvalue weighted by atomic mass is 10.2. The van der Waals surface area contributed by atoms with E-state index in [0.29, 0.717) is 22.3 Å². The molecule has 1 aromatic heterocycles. The van der Waals surface area contributed by atoms with Gasteiger partial charge in [-0.25, -0.2) is 9.37 Å². The molecule has 1 N–H and O–H groups in total. The molecular weight excluding hydrogens is 297 g/mol. The third kappa shape index (κ3) is 3.83. The molecule has 0 spiro atoms. The molecule has 0 radical (unpaired) electrons. The van der Waals surface area contributed by atoms with Crippen molar-refractivity contribution in [1.82, 2.24) is 15.2 Å². The maximum absolute atomic E-state index is 13.5. The van der Waals surface area contributed by atoms with Gasteiger partial charge in [-0.05, 0) is 23.3 Å². The van der Waals surface area contributed by atoms with Gasteiger partial charge in [0, 0.05) is 5.75 Å².